The van der Waals surface area contributed by atoms with Gasteiger partial charge in [-0.15, -0.1) is 6.58 Å². The third-order valence-electron chi connectivity index (χ3n) is 2.07. The van der Waals surface area contributed by atoms with Crippen LogP contribution in [0.4, 0.5) is 0 Å². The monoisotopic (exact) mass is 155 g/mol. The van der Waals surface area contributed by atoms with Crippen LogP contribution < -0.4 is 5.32 Å². The van der Waals surface area contributed by atoms with Gasteiger partial charge in [-0.2, -0.15) is 0 Å². The molecule has 1 rings (SSSR count). The van der Waals surface area contributed by atoms with E-state index in [0.29, 0.717) is 6.54 Å². The van der Waals surface area contributed by atoms with Gasteiger partial charge in [0.2, 0.25) is 0 Å². The fourth-order valence-corrected chi connectivity index (χ4v) is 1.36. The summed E-state index contributed by atoms with van der Waals surface area (Å²) in [5.74, 6) is 0.0693. The lowest BCUT2D eigenvalue weighted by atomic mass is 9.97. The van der Waals surface area contributed by atoms with Gasteiger partial charge in [-0.3, -0.25) is 4.79 Å². The molecule has 0 aromatic heterocycles. The van der Waals surface area contributed by atoms with E-state index in [1.807, 2.05) is 6.08 Å². The number of carbonyl (C=O) groups is 1. The van der Waals surface area contributed by atoms with Crippen molar-refractivity contribution in [3.63, 3.8) is 0 Å². The highest BCUT2D eigenvalue weighted by Crippen LogP contribution is 2.18. The van der Waals surface area contributed by atoms with Crippen molar-refractivity contribution in [2.45, 2.75) is 0 Å². The van der Waals surface area contributed by atoms with E-state index in [2.05, 4.69) is 16.6 Å². The van der Waals surface area contributed by atoms with Crippen LogP contribution in [-0.4, -0.2) is 26.2 Å². The van der Waals surface area contributed by atoms with Gasteiger partial charge in [-0.25, -0.2) is 0 Å². The van der Waals surface area contributed by atoms with E-state index in [0.717, 1.165) is 6.54 Å². The van der Waals surface area contributed by atoms with Crippen molar-refractivity contribution < 1.29 is 9.53 Å². The van der Waals surface area contributed by atoms with E-state index in [-0.39, 0.29) is 17.8 Å². The number of rotatable bonds is 2. The lowest BCUT2D eigenvalue weighted by Crippen LogP contribution is -2.22. The van der Waals surface area contributed by atoms with E-state index in [1.165, 1.54) is 7.11 Å². The average Bonchev–Trinajstić information content (AvgIpc) is 2.50. The summed E-state index contributed by atoms with van der Waals surface area (Å²) in [7, 11) is 1.42. The van der Waals surface area contributed by atoms with Crippen LogP contribution in [0, 0.1) is 11.8 Å². The van der Waals surface area contributed by atoms with Crippen molar-refractivity contribution in [2.75, 3.05) is 20.2 Å². The number of nitrogens with one attached hydrogen (secondary N) is 1. The molecule has 1 aliphatic rings. The molecule has 0 amide bonds. The first-order valence-electron chi connectivity index (χ1n) is 3.70. The first kappa shape index (κ1) is 8.27. The zero-order valence-electron chi connectivity index (χ0n) is 6.67. The molecule has 0 aromatic carbocycles. The molecular formula is C8H13NO2. The van der Waals surface area contributed by atoms with Crippen LogP contribution in [0.3, 0.4) is 0 Å². The lowest BCUT2D eigenvalue weighted by Gasteiger charge is -2.10. The second-order valence-electron chi connectivity index (χ2n) is 2.69. The van der Waals surface area contributed by atoms with Gasteiger partial charge in [0.1, 0.15) is 0 Å². The molecule has 0 aromatic rings. The minimum absolute atomic E-state index is 0.0301. The topological polar surface area (TPSA) is 38.3 Å². The van der Waals surface area contributed by atoms with Gasteiger partial charge in [0, 0.05) is 19.0 Å². The van der Waals surface area contributed by atoms with Crippen LogP contribution >= 0.6 is 0 Å². The van der Waals surface area contributed by atoms with E-state index in [4.69, 9.17) is 0 Å². The Morgan fingerprint density at radius 3 is 3.00 bits per heavy atom. The highest BCUT2D eigenvalue weighted by atomic mass is 16.5. The molecule has 0 radical (unpaired) electrons. The fourth-order valence-electron chi connectivity index (χ4n) is 1.36. The highest BCUT2D eigenvalue weighted by molar-refractivity contribution is 5.73. The Morgan fingerprint density at radius 1 is 1.73 bits per heavy atom. The van der Waals surface area contributed by atoms with Crippen molar-refractivity contribution in [3.05, 3.63) is 12.7 Å². The van der Waals surface area contributed by atoms with Crippen molar-refractivity contribution in [1.29, 1.82) is 0 Å². The minimum Gasteiger partial charge on any atom is -0.469 e. The zero-order chi connectivity index (χ0) is 8.27. The molecule has 0 bridgehead atoms. The molecule has 1 saturated heterocycles. The van der Waals surface area contributed by atoms with Gasteiger partial charge < -0.3 is 10.1 Å². The molecular weight excluding hydrogens is 142 g/mol. The maximum absolute atomic E-state index is 11.1. The van der Waals surface area contributed by atoms with Gasteiger partial charge in [0.15, 0.2) is 0 Å². The Morgan fingerprint density at radius 2 is 2.45 bits per heavy atom. The molecule has 3 heteroatoms. The third kappa shape index (κ3) is 1.60. The fraction of sp³-hybridized carbons (Fsp3) is 0.625. The summed E-state index contributed by atoms with van der Waals surface area (Å²) in [6.45, 7) is 5.21. The summed E-state index contributed by atoms with van der Waals surface area (Å²) < 4.78 is 4.64. The Labute approximate surface area is 66.4 Å². The van der Waals surface area contributed by atoms with Crippen LogP contribution in [0.2, 0.25) is 0 Å². The maximum atomic E-state index is 11.1. The zero-order valence-corrected chi connectivity index (χ0v) is 6.67. The second-order valence-corrected chi connectivity index (χ2v) is 2.69. The van der Waals surface area contributed by atoms with Crippen LogP contribution in [0.5, 0.6) is 0 Å². The summed E-state index contributed by atoms with van der Waals surface area (Å²) >= 11 is 0. The van der Waals surface area contributed by atoms with Gasteiger partial charge in [-0.05, 0) is 0 Å². The Hall–Kier alpha value is -0.830. The first-order valence-corrected chi connectivity index (χ1v) is 3.70. The number of carbonyl (C=O) groups excluding carboxylic acids is 1. The lowest BCUT2D eigenvalue weighted by molar-refractivity contribution is -0.145. The number of ether oxygens (including phenoxy) is 1. The Bertz CT molecular complexity index is 167. The Kier molecular flexibility index (Phi) is 2.65. The summed E-state index contributed by atoms with van der Waals surface area (Å²) in [4.78, 5) is 11.1. The molecule has 1 aliphatic heterocycles. The Balaban J connectivity index is 2.56. The predicted octanol–water partition coefficient (Wildman–Crippen LogP) is 0.181. The number of methoxy groups -OCH3 is 1. The molecule has 3 nitrogen and oxygen atoms in total. The van der Waals surface area contributed by atoms with Crippen LogP contribution in [-0.2, 0) is 9.53 Å². The summed E-state index contributed by atoms with van der Waals surface area (Å²) in [5.41, 5.74) is 0. The van der Waals surface area contributed by atoms with Crippen LogP contribution in [0.25, 0.3) is 0 Å². The second kappa shape index (κ2) is 3.53. The van der Waals surface area contributed by atoms with E-state index >= 15 is 0 Å². The molecule has 0 unspecified atom stereocenters. The summed E-state index contributed by atoms with van der Waals surface area (Å²) in [6, 6.07) is 0. The summed E-state index contributed by atoms with van der Waals surface area (Å²) in [5, 5.41) is 3.12. The smallest absolute Gasteiger partial charge is 0.310 e. The molecule has 11 heavy (non-hydrogen) atoms. The maximum Gasteiger partial charge on any atom is 0.310 e. The van der Waals surface area contributed by atoms with E-state index < -0.39 is 0 Å². The molecule has 62 valence electrons. The van der Waals surface area contributed by atoms with E-state index in [9.17, 15) is 4.79 Å². The molecule has 2 atom stereocenters. The largest absolute Gasteiger partial charge is 0.469 e. The molecule has 0 spiro atoms. The minimum atomic E-state index is -0.139. The van der Waals surface area contributed by atoms with Crippen molar-refractivity contribution in [2.24, 2.45) is 11.8 Å². The van der Waals surface area contributed by atoms with E-state index in [1.54, 1.807) is 0 Å². The number of hydrogen-bond donors (Lipinski definition) is 1. The molecule has 1 fully saturated rings. The van der Waals surface area contributed by atoms with Crippen molar-refractivity contribution >= 4 is 5.97 Å². The molecule has 1 N–H and O–H groups in total. The third-order valence-corrected chi connectivity index (χ3v) is 2.07. The van der Waals surface area contributed by atoms with Gasteiger partial charge >= 0.3 is 5.97 Å². The van der Waals surface area contributed by atoms with Gasteiger partial charge in [0.25, 0.3) is 0 Å². The van der Waals surface area contributed by atoms with Crippen LogP contribution in [0.1, 0.15) is 0 Å². The predicted molar refractivity (Wildman–Crippen MR) is 42.1 cm³/mol. The van der Waals surface area contributed by atoms with Gasteiger partial charge in [0.05, 0.1) is 13.0 Å². The standard InChI is InChI=1S/C8H13NO2/c1-3-6-4-9-5-7(6)8(10)11-2/h3,6-7,9H,1,4-5H2,2H3/t6-,7+/m1/s1. The van der Waals surface area contributed by atoms with Crippen LogP contribution in [0.15, 0.2) is 12.7 Å². The van der Waals surface area contributed by atoms with Gasteiger partial charge in [-0.1, -0.05) is 6.08 Å². The number of esters is 1. The normalized spacial score (nSPS) is 29.9. The van der Waals surface area contributed by atoms with Crippen molar-refractivity contribution in [3.8, 4) is 0 Å². The SMILES string of the molecule is C=C[C@@H]1CNC[C@@H]1C(=O)OC. The quantitative estimate of drug-likeness (QED) is 0.456. The molecule has 1 heterocycles. The molecule has 0 aliphatic carbocycles. The molecule has 0 saturated carbocycles. The average molecular weight is 155 g/mol. The first-order chi connectivity index (χ1) is 5.29. The highest BCUT2D eigenvalue weighted by Gasteiger charge is 2.31. The number of hydrogen-bond acceptors (Lipinski definition) is 3. The summed E-state index contributed by atoms with van der Waals surface area (Å²) in [6.07, 6.45) is 1.81. The van der Waals surface area contributed by atoms with Crippen molar-refractivity contribution in [1.82, 2.24) is 5.32 Å².